The summed E-state index contributed by atoms with van der Waals surface area (Å²) < 4.78 is 0. The van der Waals surface area contributed by atoms with Crippen molar-refractivity contribution in [2.45, 2.75) is 0 Å². The first-order chi connectivity index (χ1) is 13.5. The summed E-state index contributed by atoms with van der Waals surface area (Å²) >= 11 is 17.4. The molecule has 0 amide bonds. The summed E-state index contributed by atoms with van der Waals surface area (Å²) in [6.45, 7) is 0. The zero-order chi connectivity index (χ0) is 19.6. The summed E-state index contributed by atoms with van der Waals surface area (Å²) in [7, 11) is 0. The third-order valence-electron chi connectivity index (χ3n) is 5.06. The van der Waals surface area contributed by atoms with Crippen molar-refractivity contribution in [2.24, 2.45) is 0 Å². The summed E-state index contributed by atoms with van der Waals surface area (Å²) in [4.78, 5) is 0. The van der Waals surface area contributed by atoms with Crippen molar-refractivity contribution in [2.75, 3.05) is 0 Å². The number of hydrogen-bond donors (Lipinski definition) is 0. The Kier molecular flexibility index (Phi) is 5.38. The average Bonchev–Trinajstić information content (AvgIpc) is 2.74. The molecule has 140 valence electrons. The maximum absolute atomic E-state index is 6.50. The van der Waals surface area contributed by atoms with E-state index in [4.69, 9.17) is 23.2 Å². The van der Waals surface area contributed by atoms with Crippen LogP contribution in [-0.2, 0) is 0 Å². The van der Waals surface area contributed by atoms with Gasteiger partial charge in [-0.2, -0.15) is 0 Å². The normalized spacial score (nSPS) is 12.9. The second kappa shape index (κ2) is 7.65. The Morgan fingerprint density at radius 2 is 0.786 bits per heavy atom. The monoisotopic (exact) mass is 486 g/mol. The fourth-order valence-electron chi connectivity index (χ4n) is 3.80. The van der Waals surface area contributed by atoms with Crippen molar-refractivity contribution >= 4 is 65.2 Å². The molecule has 0 radical (unpaired) electrons. The van der Waals surface area contributed by atoms with Gasteiger partial charge in [-0.05, 0) is 0 Å². The zero-order valence-corrected chi connectivity index (χ0v) is 19.0. The quantitative estimate of drug-likeness (QED) is 0.290. The van der Waals surface area contributed by atoms with E-state index in [1.165, 1.54) is 15.9 Å². The van der Waals surface area contributed by atoms with E-state index in [-0.39, 0.29) is 0 Å². The molecule has 4 aromatic carbocycles. The van der Waals surface area contributed by atoms with Crippen LogP contribution in [0.2, 0.25) is 10.0 Å². The van der Waals surface area contributed by atoms with Gasteiger partial charge in [0.15, 0.2) is 0 Å². The molecule has 0 bridgehead atoms. The van der Waals surface area contributed by atoms with Crippen LogP contribution in [0, 0.1) is 0 Å². The second-order valence-corrected chi connectivity index (χ2v) is 15.9. The van der Waals surface area contributed by atoms with Gasteiger partial charge < -0.3 is 0 Å². The Hall–Kier alpha value is -1.63. The van der Waals surface area contributed by atoms with Crippen LogP contribution in [0.15, 0.2) is 109 Å². The van der Waals surface area contributed by atoms with Crippen LogP contribution in [0.5, 0.6) is 0 Å². The molecule has 0 N–H and O–H groups in total. The fraction of sp³-hybridized carbons (Fsp3) is 0. The van der Waals surface area contributed by atoms with E-state index in [0.29, 0.717) is 10.0 Å². The molecule has 4 aromatic rings. The van der Waals surface area contributed by atoms with Crippen LogP contribution in [0.3, 0.4) is 0 Å². The molecule has 28 heavy (non-hydrogen) atoms. The van der Waals surface area contributed by atoms with Crippen LogP contribution in [0.4, 0.5) is 0 Å². The van der Waals surface area contributed by atoms with Crippen molar-refractivity contribution in [3.8, 4) is 0 Å². The molecule has 0 aliphatic carbocycles. The Morgan fingerprint density at radius 3 is 1.11 bits per heavy atom. The Morgan fingerprint density at radius 1 is 0.464 bits per heavy atom. The van der Waals surface area contributed by atoms with Crippen LogP contribution in [-0.4, -0.2) is 0 Å². The number of benzene rings is 4. The van der Waals surface area contributed by atoms with E-state index < -0.39 is 5.31 Å². The zero-order valence-electron chi connectivity index (χ0n) is 15.0. The average molecular weight is 488 g/mol. The van der Waals surface area contributed by atoms with Gasteiger partial charge in [-0.25, -0.2) is 0 Å². The van der Waals surface area contributed by atoms with E-state index in [2.05, 4.69) is 88.3 Å². The molecular weight excluding hydrogens is 470 g/mol. The molecule has 0 unspecified atom stereocenters. The molecule has 0 nitrogen and oxygen atoms in total. The molecule has 0 fully saturated rings. The topological polar surface area (TPSA) is 0 Å². The summed E-state index contributed by atoms with van der Waals surface area (Å²) in [6.07, 6.45) is 0. The van der Waals surface area contributed by atoms with E-state index in [1.54, 1.807) is 6.07 Å². The SMILES string of the molecule is Clc1cc(Cl)cc(P(Br)(c2ccccc2)(c2ccccc2)c2ccccc2)c1. The predicted octanol–water partition coefficient (Wildman–Crippen LogP) is 6.46. The van der Waals surface area contributed by atoms with Gasteiger partial charge in [0.2, 0.25) is 0 Å². The van der Waals surface area contributed by atoms with Gasteiger partial charge in [0.25, 0.3) is 0 Å². The molecular formula is C24H18BrCl2P. The van der Waals surface area contributed by atoms with Crippen molar-refractivity contribution in [1.29, 1.82) is 0 Å². The Balaban J connectivity index is 2.26. The summed E-state index contributed by atoms with van der Waals surface area (Å²) in [5.74, 6) is 0. The molecule has 0 atom stereocenters. The van der Waals surface area contributed by atoms with E-state index >= 15 is 0 Å². The van der Waals surface area contributed by atoms with Crippen molar-refractivity contribution in [1.82, 2.24) is 0 Å². The van der Waals surface area contributed by atoms with Crippen LogP contribution >= 0.6 is 44.0 Å². The van der Waals surface area contributed by atoms with Gasteiger partial charge in [0, 0.05) is 0 Å². The molecule has 0 saturated carbocycles. The van der Waals surface area contributed by atoms with Gasteiger partial charge >= 0.3 is 184 Å². The Bertz CT molecular complexity index is 980. The standard InChI is InChI=1S/C24H18BrCl2P/c25-28(21-10-4-1-5-11-21,22-12-6-2-7-13-22,23-14-8-3-9-15-23)24-17-19(26)16-20(27)18-24/h1-18H. The molecule has 0 aliphatic heterocycles. The van der Waals surface area contributed by atoms with E-state index in [0.717, 1.165) is 5.30 Å². The predicted molar refractivity (Wildman–Crippen MR) is 130 cm³/mol. The van der Waals surface area contributed by atoms with Gasteiger partial charge in [-0.3, -0.25) is 0 Å². The Labute approximate surface area is 183 Å². The summed E-state index contributed by atoms with van der Waals surface area (Å²) in [5.41, 5.74) is 0. The number of rotatable bonds is 4. The van der Waals surface area contributed by atoms with Crippen molar-refractivity contribution in [3.63, 3.8) is 0 Å². The molecule has 0 aromatic heterocycles. The summed E-state index contributed by atoms with van der Waals surface area (Å²) in [5, 5.41) is 2.68. The minimum atomic E-state index is -3.24. The number of hydrogen-bond acceptors (Lipinski definition) is 0. The van der Waals surface area contributed by atoms with Gasteiger partial charge in [0.1, 0.15) is 0 Å². The van der Waals surface area contributed by atoms with Crippen molar-refractivity contribution < 1.29 is 0 Å². The molecule has 4 heteroatoms. The van der Waals surface area contributed by atoms with Gasteiger partial charge in [-0.15, -0.1) is 0 Å². The van der Waals surface area contributed by atoms with Crippen LogP contribution in [0.1, 0.15) is 0 Å². The number of halogens is 3. The van der Waals surface area contributed by atoms with Crippen molar-refractivity contribution in [3.05, 3.63) is 119 Å². The molecule has 4 rings (SSSR count). The summed E-state index contributed by atoms with van der Waals surface area (Å²) in [6, 6.07) is 37.5. The van der Waals surface area contributed by atoms with Crippen LogP contribution in [0.25, 0.3) is 0 Å². The first-order valence-corrected chi connectivity index (χ1v) is 13.9. The second-order valence-electron chi connectivity index (χ2n) is 6.64. The van der Waals surface area contributed by atoms with E-state index in [9.17, 15) is 0 Å². The maximum atomic E-state index is 6.50. The first kappa shape index (κ1) is 19.7. The van der Waals surface area contributed by atoms with Crippen LogP contribution < -0.4 is 21.2 Å². The first-order valence-electron chi connectivity index (χ1n) is 8.91. The molecule has 0 spiro atoms. The fourth-order valence-corrected chi connectivity index (χ4v) is 12.0. The third kappa shape index (κ3) is 3.02. The molecule has 0 heterocycles. The van der Waals surface area contributed by atoms with Gasteiger partial charge in [-0.1, -0.05) is 0 Å². The minimum absolute atomic E-state index is 0.624. The third-order valence-corrected chi connectivity index (χ3v) is 15.4. The molecule has 0 aliphatic rings. The van der Waals surface area contributed by atoms with Gasteiger partial charge in [0.05, 0.1) is 0 Å². The van der Waals surface area contributed by atoms with E-state index in [1.807, 2.05) is 30.3 Å². The molecule has 0 saturated heterocycles.